The molecule has 4 heterocycles. The van der Waals surface area contributed by atoms with Gasteiger partial charge in [-0.1, -0.05) is 0 Å². The van der Waals surface area contributed by atoms with Gasteiger partial charge in [-0.15, -0.1) is 20.5 Å². The SMILES string of the molecule is NC1=NC2=NC(N=Nc3ccc(N=Nc4nc5nc(N)[nH]c(=O)c5[nH]4)cc3)=NC2C(=O)N1. The van der Waals surface area contributed by atoms with E-state index in [0.29, 0.717) is 11.4 Å². The third-order valence-electron chi connectivity index (χ3n) is 4.17. The lowest BCUT2D eigenvalue weighted by Gasteiger charge is -2.13. The maximum absolute atomic E-state index is 11.8. The summed E-state index contributed by atoms with van der Waals surface area (Å²) < 4.78 is 0. The fraction of sp³-hybridized carbons (Fsp3) is 0.0625. The largest absolute Gasteiger partial charge is 0.369 e. The lowest BCUT2D eigenvalue weighted by Crippen LogP contribution is -2.49. The van der Waals surface area contributed by atoms with Crippen molar-refractivity contribution in [3.63, 3.8) is 0 Å². The van der Waals surface area contributed by atoms with Crippen LogP contribution < -0.4 is 22.3 Å². The third-order valence-corrected chi connectivity index (χ3v) is 4.17. The Kier molecular flexibility index (Phi) is 4.28. The van der Waals surface area contributed by atoms with Gasteiger partial charge in [-0.2, -0.15) is 20.0 Å². The van der Waals surface area contributed by atoms with Crippen molar-refractivity contribution >= 4 is 58.1 Å². The van der Waals surface area contributed by atoms with E-state index in [1.807, 2.05) is 0 Å². The first kappa shape index (κ1) is 18.9. The number of carbonyl (C=O) groups is 1. The Bertz CT molecular complexity index is 1460. The zero-order valence-electron chi connectivity index (χ0n) is 15.9. The van der Waals surface area contributed by atoms with Crippen LogP contribution in [0.1, 0.15) is 0 Å². The lowest BCUT2D eigenvalue weighted by atomic mass is 10.2. The van der Waals surface area contributed by atoms with E-state index in [0.717, 1.165) is 0 Å². The molecule has 0 aliphatic carbocycles. The van der Waals surface area contributed by atoms with E-state index in [9.17, 15) is 9.59 Å². The van der Waals surface area contributed by atoms with Crippen LogP contribution in [0, 0.1) is 0 Å². The highest BCUT2D eigenvalue weighted by Gasteiger charge is 2.33. The van der Waals surface area contributed by atoms with Crippen LogP contribution in [-0.4, -0.2) is 49.6 Å². The second-order valence-electron chi connectivity index (χ2n) is 6.41. The number of carbonyl (C=O) groups excluding carboxylic acids is 1. The number of nitrogens with zero attached hydrogens (tertiary/aromatic N) is 9. The highest BCUT2D eigenvalue weighted by Crippen LogP contribution is 2.22. The molecule has 5 rings (SSSR count). The summed E-state index contributed by atoms with van der Waals surface area (Å²) >= 11 is 0. The lowest BCUT2D eigenvalue weighted by molar-refractivity contribution is -0.119. The summed E-state index contributed by atoms with van der Waals surface area (Å²) in [5.74, 6) is -0.240. The summed E-state index contributed by atoms with van der Waals surface area (Å²) in [6.45, 7) is 0. The smallest absolute Gasteiger partial charge is 0.278 e. The summed E-state index contributed by atoms with van der Waals surface area (Å²) in [5.41, 5.74) is 11.8. The van der Waals surface area contributed by atoms with E-state index in [-0.39, 0.29) is 40.8 Å². The Morgan fingerprint density at radius 3 is 2.34 bits per heavy atom. The first-order valence-corrected chi connectivity index (χ1v) is 8.95. The van der Waals surface area contributed by atoms with Crippen molar-refractivity contribution in [3.8, 4) is 0 Å². The molecule has 0 radical (unpaired) electrons. The van der Waals surface area contributed by atoms with Gasteiger partial charge in [-0.3, -0.25) is 19.9 Å². The van der Waals surface area contributed by atoms with Gasteiger partial charge in [0.2, 0.25) is 17.9 Å². The van der Waals surface area contributed by atoms with Gasteiger partial charge in [0.25, 0.3) is 17.4 Å². The zero-order valence-corrected chi connectivity index (χ0v) is 15.9. The number of amides is 1. The Balaban J connectivity index is 1.29. The van der Waals surface area contributed by atoms with Crippen LogP contribution >= 0.6 is 0 Å². The molecule has 16 heteroatoms. The van der Waals surface area contributed by atoms with E-state index in [1.165, 1.54) is 0 Å². The highest BCUT2D eigenvalue weighted by atomic mass is 16.2. The van der Waals surface area contributed by atoms with E-state index >= 15 is 0 Å². The number of hydrogen-bond donors (Lipinski definition) is 5. The molecule has 7 N–H and O–H groups in total. The van der Waals surface area contributed by atoms with Gasteiger partial charge in [-0.25, -0.2) is 4.99 Å². The maximum atomic E-state index is 11.8. The van der Waals surface area contributed by atoms with Crippen LogP contribution in [0.4, 0.5) is 23.3 Å². The molecule has 0 fully saturated rings. The number of amidine groups is 1. The molecular formula is C16H12N14O2. The van der Waals surface area contributed by atoms with Crippen molar-refractivity contribution in [1.29, 1.82) is 0 Å². The van der Waals surface area contributed by atoms with Gasteiger partial charge >= 0.3 is 0 Å². The molecule has 1 amide bonds. The van der Waals surface area contributed by atoms with Crippen LogP contribution in [-0.2, 0) is 4.79 Å². The number of nitrogen functional groups attached to an aromatic ring is 1. The Labute approximate surface area is 176 Å². The number of aromatic nitrogens is 4. The molecule has 1 atom stereocenters. The molecule has 0 spiro atoms. The Hall–Kier alpha value is -5.15. The van der Waals surface area contributed by atoms with Gasteiger partial charge in [0.15, 0.2) is 23.0 Å². The van der Waals surface area contributed by atoms with Gasteiger partial charge in [-0.05, 0) is 24.3 Å². The summed E-state index contributed by atoms with van der Waals surface area (Å²) in [6, 6.07) is 5.69. The minimum absolute atomic E-state index is 0.0106. The molecule has 0 bridgehead atoms. The van der Waals surface area contributed by atoms with Crippen molar-refractivity contribution in [2.45, 2.75) is 6.04 Å². The second kappa shape index (κ2) is 7.27. The van der Waals surface area contributed by atoms with Crippen molar-refractivity contribution in [2.75, 3.05) is 5.73 Å². The second-order valence-corrected chi connectivity index (χ2v) is 6.41. The van der Waals surface area contributed by atoms with Crippen LogP contribution in [0.3, 0.4) is 0 Å². The standard InChI is InChI=1S/C16H12N14O2/c17-13-21-9-7(11(31)25-13)19-15(23-9)29-27-5-1-2-6(4-3-5)28-30-16-20-8-10(24-16)22-14(18)26-12(8)32/h1-4,7H,(H3,17,19,21,23,25,31)(H4,18,20,22,24,26,32). The minimum Gasteiger partial charge on any atom is -0.369 e. The van der Waals surface area contributed by atoms with Gasteiger partial charge in [0, 0.05) is 0 Å². The minimum atomic E-state index is -0.875. The summed E-state index contributed by atoms with van der Waals surface area (Å²) in [4.78, 5) is 48.6. The molecule has 16 nitrogen and oxygen atoms in total. The van der Waals surface area contributed by atoms with Crippen molar-refractivity contribution < 1.29 is 4.79 Å². The maximum Gasteiger partial charge on any atom is 0.278 e. The van der Waals surface area contributed by atoms with Crippen LogP contribution in [0.15, 0.2) is 64.5 Å². The molecule has 1 unspecified atom stereocenters. The third kappa shape index (κ3) is 3.58. The summed E-state index contributed by atoms with van der Waals surface area (Å²) in [5, 5.41) is 18.3. The highest BCUT2D eigenvalue weighted by molar-refractivity contribution is 6.24. The monoisotopic (exact) mass is 432 g/mol. The van der Waals surface area contributed by atoms with Crippen LogP contribution in [0.5, 0.6) is 0 Å². The van der Waals surface area contributed by atoms with Gasteiger partial charge < -0.3 is 16.5 Å². The number of azo groups is 2. The number of nitrogens with two attached hydrogens (primary N) is 2. The van der Waals surface area contributed by atoms with Gasteiger partial charge in [0.1, 0.15) is 0 Å². The predicted molar refractivity (Wildman–Crippen MR) is 112 cm³/mol. The van der Waals surface area contributed by atoms with Crippen LogP contribution in [0.25, 0.3) is 11.2 Å². The van der Waals surface area contributed by atoms with E-state index in [2.05, 4.69) is 60.7 Å². The molecule has 0 saturated heterocycles. The first-order chi connectivity index (χ1) is 15.4. The first-order valence-electron chi connectivity index (χ1n) is 8.95. The number of hydrogen-bond acceptors (Lipinski definition) is 13. The van der Waals surface area contributed by atoms with E-state index in [1.54, 1.807) is 24.3 Å². The number of rotatable bonds is 3. The molecule has 3 aromatic rings. The topological polar surface area (TPSA) is 242 Å². The molecule has 0 saturated carbocycles. The van der Waals surface area contributed by atoms with E-state index < -0.39 is 17.5 Å². The molecule has 158 valence electrons. The average molecular weight is 432 g/mol. The molecule has 2 aliphatic rings. The summed E-state index contributed by atoms with van der Waals surface area (Å²) in [7, 11) is 0. The number of nitrogens with one attached hydrogen (secondary N) is 3. The number of imidazole rings is 1. The molecule has 1 aromatic carbocycles. The quantitative estimate of drug-likeness (QED) is 0.364. The number of benzene rings is 1. The van der Waals surface area contributed by atoms with Crippen molar-refractivity contribution in [1.82, 2.24) is 25.3 Å². The van der Waals surface area contributed by atoms with Crippen molar-refractivity contribution in [3.05, 3.63) is 34.6 Å². The molecular weight excluding hydrogens is 420 g/mol. The van der Waals surface area contributed by atoms with E-state index in [4.69, 9.17) is 11.5 Å². The molecule has 2 aromatic heterocycles. The predicted octanol–water partition coefficient (Wildman–Crippen LogP) is 0.309. The van der Waals surface area contributed by atoms with Crippen molar-refractivity contribution in [2.24, 2.45) is 41.2 Å². The number of fused-ring (bicyclic) bond motifs is 2. The average Bonchev–Trinajstić information content (AvgIpc) is 3.35. The fourth-order valence-corrected chi connectivity index (χ4v) is 2.77. The Morgan fingerprint density at radius 2 is 1.59 bits per heavy atom. The molecule has 32 heavy (non-hydrogen) atoms. The fourth-order valence-electron chi connectivity index (χ4n) is 2.77. The number of aromatic amines is 2. The number of guanidine groups is 2. The zero-order chi connectivity index (χ0) is 22.2. The summed E-state index contributed by atoms with van der Waals surface area (Å²) in [6.07, 6.45) is 0. The number of H-pyrrole nitrogens is 2. The number of anilines is 1. The van der Waals surface area contributed by atoms with Crippen LogP contribution in [0.2, 0.25) is 0 Å². The Morgan fingerprint density at radius 1 is 0.875 bits per heavy atom. The normalized spacial score (nSPS) is 18.1. The number of aliphatic imine (C=N–C) groups is 3. The molecule has 2 aliphatic heterocycles. The van der Waals surface area contributed by atoms with Gasteiger partial charge in [0.05, 0.1) is 11.4 Å².